The van der Waals surface area contributed by atoms with Gasteiger partial charge in [-0.3, -0.25) is 10.1 Å². The molecule has 6 nitrogen and oxygen atoms in total. The van der Waals surface area contributed by atoms with Crippen LogP contribution in [-0.2, 0) is 0 Å². The van der Waals surface area contributed by atoms with Crippen molar-refractivity contribution >= 4 is 34.4 Å². The zero-order chi connectivity index (χ0) is 20.2. The van der Waals surface area contributed by atoms with Crippen molar-refractivity contribution in [2.75, 3.05) is 5.32 Å². The van der Waals surface area contributed by atoms with Crippen molar-refractivity contribution in [3.05, 3.63) is 106 Å². The molecule has 29 heavy (non-hydrogen) atoms. The van der Waals surface area contributed by atoms with Gasteiger partial charge in [0.25, 0.3) is 5.69 Å². The first-order valence-corrected chi connectivity index (χ1v) is 9.56. The molecular weight excluding hydrogens is 384 g/mol. The molecule has 0 saturated heterocycles. The summed E-state index contributed by atoms with van der Waals surface area (Å²) in [6, 6.07) is 25.7. The van der Waals surface area contributed by atoms with Gasteiger partial charge < -0.3 is 5.32 Å². The molecule has 1 heterocycles. The molecule has 144 valence electrons. The minimum absolute atomic E-state index is 0.0644. The third-order valence-corrected chi connectivity index (χ3v) is 5.03. The van der Waals surface area contributed by atoms with E-state index in [1.165, 1.54) is 6.07 Å². The quantitative estimate of drug-likeness (QED) is 0.372. The molecule has 0 aromatic heterocycles. The summed E-state index contributed by atoms with van der Waals surface area (Å²) in [5, 5.41) is 21.6. The largest absolute Gasteiger partial charge is 0.331 e. The Morgan fingerprint density at radius 3 is 2.31 bits per heavy atom. The second kappa shape index (κ2) is 8.20. The Morgan fingerprint density at radius 1 is 1.00 bits per heavy atom. The Hall–Kier alpha value is -3.58. The van der Waals surface area contributed by atoms with Crippen molar-refractivity contribution in [2.45, 2.75) is 12.5 Å². The highest BCUT2D eigenvalue weighted by Crippen LogP contribution is 2.37. The molecule has 1 aliphatic heterocycles. The summed E-state index contributed by atoms with van der Waals surface area (Å²) in [6.07, 6.45) is 0.519. The molecule has 0 unspecified atom stereocenters. The molecule has 7 heteroatoms. The van der Waals surface area contributed by atoms with Gasteiger partial charge in [-0.25, -0.2) is 5.01 Å². The highest BCUT2D eigenvalue weighted by Gasteiger charge is 2.35. The summed E-state index contributed by atoms with van der Waals surface area (Å²) in [6.45, 7) is 0. The number of para-hydroxylation sites is 2. The smallest absolute Gasteiger partial charge is 0.274 e. The summed E-state index contributed by atoms with van der Waals surface area (Å²) in [5.74, 6) is 0. The number of nitro benzene ring substituents is 1. The average Bonchev–Trinajstić information content (AvgIpc) is 3.20. The lowest BCUT2D eigenvalue weighted by Gasteiger charge is -2.24. The number of anilines is 1. The lowest BCUT2D eigenvalue weighted by Crippen LogP contribution is -2.31. The van der Waals surface area contributed by atoms with Crippen LogP contribution in [0.5, 0.6) is 0 Å². The Bertz CT molecular complexity index is 1070. The molecule has 0 amide bonds. The Balaban J connectivity index is 1.71. The molecule has 0 spiro atoms. The monoisotopic (exact) mass is 402 g/mol. The summed E-state index contributed by atoms with van der Waals surface area (Å²) in [5.41, 5.74) is 3.30. The first-order valence-electron chi connectivity index (χ1n) is 9.15. The van der Waals surface area contributed by atoms with Crippen LogP contribution >= 0.6 is 12.2 Å². The Kier molecular flexibility index (Phi) is 5.31. The number of nitrogens with zero attached hydrogens (tertiary/aromatic N) is 3. The molecule has 3 aromatic carbocycles. The van der Waals surface area contributed by atoms with E-state index in [1.807, 2.05) is 60.7 Å². The number of hydrogen-bond donors (Lipinski definition) is 1. The van der Waals surface area contributed by atoms with Gasteiger partial charge in [-0.15, -0.1) is 0 Å². The SMILES string of the molecule is O=[N+]([O-])c1ccccc1[C@H]1CC(c2ccccc2)=NN1C(=S)Nc1ccccc1. The zero-order valence-corrected chi connectivity index (χ0v) is 16.3. The molecule has 3 aromatic rings. The van der Waals surface area contributed by atoms with Crippen LogP contribution in [0.15, 0.2) is 90.0 Å². The van der Waals surface area contributed by atoms with Crippen LogP contribution < -0.4 is 5.32 Å². The van der Waals surface area contributed by atoms with E-state index >= 15 is 0 Å². The minimum Gasteiger partial charge on any atom is -0.331 e. The lowest BCUT2D eigenvalue weighted by molar-refractivity contribution is -0.385. The molecule has 4 rings (SSSR count). The van der Waals surface area contributed by atoms with Crippen molar-refractivity contribution in [3.8, 4) is 0 Å². The van der Waals surface area contributed by atoms with Gasteiger partial charge in [0.05, 0.1) is 22.2 Å². The van der Waals surface area contributed by atoms with E-state index in [0.29, 0.717) is 17.1 Å². The number of hydrogen-bond acceptors (Lipinski definition) is 4. The van der Waals surface area contributed by atoms with Crippen LogP contribution in [0.25, 0.3) is 0 Å². The van der Waals surface area contributed by atoms with Crippen molar-refractivity contribution < 1.29 is 4.92 Å². The highest BCUT2D eigenvalue weighted by molar-refractivity contribution is 7.80. The normalized spacial score (nSPS) is 15.7. The first kappa shape index (κ1) is 18.8. The van der Waals surface area contributed by atoms with Crippen molar-refractivity contribution in [1.29, 1.82) is 0 Å². The van der Waals surface area contributed by atoms with Crippen LogP contribution in [0, 0.1) is 10.1 Å². The van der Waals surface area contributed by atoms with Crippen LogP contribution in [0.4, 0.5) is 11.4 Å². The maximum absolute atomic E-state index is 11.6. The minimum atomic E-state index is -0.365. The van der Waals surface area contributed by atoms with Gasteiger partial charge in [-0.1, -0.05) is 60.7 Å². The van der Waals surface area contributed by atoms with Gasteiger partial charge in [0, 0.05) is 18.2 Å². The second-order valence-electron chi connectivity index (χ2n) is 6.59. The van der Waals surface area contributed by atoms with E-state index in [2.05, 4.69) is 5.32 Å². The number of nitrogens with one attached hydrogen (secondary N) is 1. The molecule has 1 aliphatic rings. The van der Waals surface area contributed by atoms with E-state index in [9.17, 15) is 10.1 Å². The zero-order valence-electron chi connectivity index (χ0n) is 15.4. The third kappa shape index (κ3) is 4.00. The van der Waals surface area contributed by atoms with Crippen molar-refractivity contribution in [1.82, 2.24) is 5.01 Å². The summed E-state index contributed by atoms with van der Waals surface area (Å²) >= 11 is 5.62. The van der Waals surface area contributed by atoms with E-state index in [1.54, 1.807) is 23.2 Å². The molecule has 0 radical (unpaired) electrons. The topological polar surface area (TPSA) is 70.8 Å². The fraction of sp³-hybridized carbons (Fsp3) is 0.0909. The lowest BCUT2D eigenvalue weighted by atomic mass is 9.97. The van der Waals surface area contributed by atoms with Crippen molar-refractivity contribution in [2.24, 2.45) is 5.10 Å². The molecule has 1 N–H and O–H groups in total. The van der Waals surface area contributed by atoms with Gasteiger partial charge in [-0.2, -0.15) is 5.10 Å². The Labute approximate surface area is 173 Å². The van der Waals surface area contributed by atoms with E-state index in [0.717, 1.165) is 17.0 Å². The first-order chi connectivity index (χ1) is 14.1. The molecule has 1 atom stereocenters. The second-order valence-corrected chi connectivity index (χ2v) is 6.98. The maximum Gasteiger partial charge on any atom is 0.274 e. The van der Waals surface area contributed by atoms with Gasteiger partial charge in [-0.05, 0) is 36.0 Å². The maximum atomic E-state index is 11.6. The van der Waals surface area contributed by atoms with Crippen LogP contribution in [0.1, 0.15) is 23.6 Å². The standard InChI is InChI=1S/C22H18N4O2S/c27-26(28)20-14-8-7-13-18(20)21-15-19(16-9-3-1-4-10-16)24-25(21)22(29)23-17-11-5-2-6-12-17/h1-14,21H,15H2,(H,23,29)/t21-/m1/s1. The van der Waals surface area contributed by atoms with Crippen LogP contribution in [0.3, 0.4) is 0 Å². The van der Waals surface area contributed by atoms with Gasteiger partial charge in [0.15, 0.2) is 5.11 Å². The summed E-state index contributed by atoms with van der Waals surface area (Å²) in [7, 11) is 0. The van der Waals surface area contributed by atoms with Gasteiger partial charge in [0.1, 0.15) is 0 Å². The predicted molar refractivity (Wildman–Crippen MR) is 118 cm³/mol. The fourth-order valence-electron chi connectivity index (χ4n) is 3.38. The highest BCUT2D eigenvalue weighted by atomic mass is 32.1. The fourth-order valence-corrected chi connectivity index (χ4v) is 3.67. The van der Waals surface area contributed by atoms with Gasteiger partial charge >= 0.3 is 0 Å². The van der Waals surface area contributed by atoms with Crippen LogP contribution in [-0.4, -0.2) is 20.8 Å². The molecule has 0 saturated carbocycles. The van der Waals surface area contributed by atoms with Gasteiger partial charge in [0.2, 0.25) is 0 Å². The number of thiocarbonyl (C=S) groups is 1. The molecule has 0 fully saturated rings. The average molecular weight is 402 g/mol. The third-order valence-electron chi connectivity index (χ3n) is 4.74. The molecule has 0 aliphatic carbocycles. The molecule has 0 bridgehead atoms. The van der Waals surface area contributed by atoms with E-state index in [-0.39, 0.29) is 16.7 Å². The Morgan fingerprint density at radius 2 is 1.62 bits per heavy atom. The predicted octanol–water partition coefficient (Wildman–Crippen LogP) is 5.14. The van der Waals surface area contributed by atoms with Crippen LogP contribution in [0.2, 0.25) is 0 Å². The summed E-state index contributed by atoms with van der Waals surface area (Å²) < 4.78 is 0. The number of nitro groups is 1. The van der Waals surface area contributed by atoms with E-state index in [4.69, 9.17) is 17.3 Å². The number of rotatable bonds is 4. The number of hydrazone groups is 1. The van der Waals surface area contributed by atoms with Crippen molar-refractivity contribution in [3.63, 3.8) is 0 Å². The summed E-state index contributed by atoms with van der Waals surface area (Å²) in [4.78, 5) is 11.2. The van der Waals surface area contributed by atoms with E-state index < -0.39 is 0 Å². The molecular formula is C22H18N4O2S. The number of benzene rings is 3.